The maximum absolute atomic E-state index is 12.9. The largest absolute Gasteiger partial charge is 0.452 e. The SMILES string of the molecule is C[C@H](OC(=O)[C@@H]1C[C@H]1c1ccccc1C(F)(F)F)C(N)=O. The molecule has 1 aliphatic rings. The van der Waals surface area contributed by atoms with Crippen LogP contribution in [-0.2, 0) is 20.5 Å². The van der Waals surface area contributed by atoms with Gasteiger partial charge >= 0.3 is 12.1 Å². The van der Waals surface area contributed by atoms with Crippen LogP contribution in [0, 0.1) is 5.92 Å². The molecule has 2 rings (SSSR count). The molecule has 1 aromatic carbocycles. The van der Waals surface area contributed by atoms with E-state index >= 15 is 0 Å². The Morgan fingerprint density at radius 1 is 1.33 bits per heavy atom. The summed E-state index contributed by atoms with van der Waals surface area (Å²) in [6.07, 6.45) is -5.28. The van der Waals surface area contributed by atoms with Crippen LogP contribution in [0.15, 0.2) is 24.3 Å². The summed E-state index contributed by atoms with van der Waals surface area (Å²) < 4.78 is 43.5. The van der Waals surface area contributed by atoms with Gasteiger partial charge < -0.3 is 10.5 Å². The van der Waals surface area contributed by atoms with E-state index in [1.807, 2.05) is 0 Å². The van der Waals surface area contributed by atoms with Gasteiger partial charge in [0.15, 0.2) is 6.10 Å². The van der Waals surface area contributed by atoms with Crippen molar-refractivity contribution in [2.45, 2.75) is 31.5 Å². The lowest BCUT2D eigenvalue weighted by atomic mass is 10.0. The molecule has 0 spiro atoms. The van der Waals surface area contributed by atoms with Crippen molar-refractivity contribution in [1.29, 1.82) is 0 Å². The summed E-state index contributed by atoms with van der Waals surface area (Å²) in [6, 6.07) is 5.15. The highest BCUT2D eigenvalue weighted by Gasteiger charge is 2.49. The van der Waals surface area contributed by atoms with E-state index in [9.17, 15) is 22.8 Å². The first-order chi connectivity index (χ1) is 9.71. The Balaban J connectivity index is 2.11. The predicted molar refractivity (Wildman–Crippen MR) is 67.0 cm³/mol. The molecule has 114 valence electrons. The third-order valence-electron chi connectivity index (χ3n) is 3.45. The number of primary amides is 1. The van der Waals surface area contributed by atoms with Crippen LogP contribution >= 0.6 is 0 Å². The molecule has 1 amide bonds. The van der Waals surface area contributed by atoms with Crippen LogP contribution in [0.2, 0.25) is 0 Å². The van der Waals surface area contributed by atoms with Gasteiger partial charge in [-0.05, 0) is 30.9 Å². The third kappa shape index (κ3) is 3.34. The lowest BCUT2D eigenvalue weighted by Crippen LogP contribution is -2.31. The summed E-state index contributed by atoms with van der Waals surface area (Å²) >= 11 is 0. The Labute approximate surface area is 119 Å². The number of hydrogen-bond acceptors (Lipinski definition) is 3. The highest BCUT2D eigenvalue weighted by Crippen LogP contribution is 2.51. The lowest BCUT2D eigenvalue weighted by Gasteiger charge is -2.13. The second kappa shape index (κ2) is 5.38. The van der Waals surface area contributed by atoms with Gasteiger partial charge in [0, 0.05) is 0 Å². The zero-order chi connectivity index (χ0) is 15.8. The molecule has 0 bridgehead atoms. The monoisotopic (exact) mass is 301 g/mol. The van der Waals surface area contributed by atoms with Crippen LogP contribution in [0.3, 0.4) is 0 Å². The van der Waals surface area contributed by atoms with Crippen molar-refractivity contribution in [2.75, 3.05) is 0 Å². The van der Waals surface area contributed by atoms with Crippen molar-refractivity contribution in [2.24, 2.45) is 11.7 Å². The first-order valence-corrected chi connectivity index (χ1v) is 6.37. The first kappa shape index (κ1) is 15.3. The molecule has 2 N–H and O–H groups in total. The van der Waals surface area contributed by atoms with Crippen LogP contribution in [0.5, 0.6) is 0 Å². The molecule has 0 radical (unpaired) electrons. The highest BCUT2D eigenvalue weighted by molar-refractivity contribution is 5.84. The Morgan fingerprint density at radius 3 is 2.52 bits per heavy atom. The fraction of sp³-hybridized carbons (Fsp3) is 0.429. The van der Waals surface area contributed by atoms with E-state index in [2.05, 4.69) is 0 Å². The number of benzene rings is 1. The summed E-state index contributed by atoms with van der Waals surface area (Å²) in [5.41, 5.74) is 4.31. The Bertz CT molecular complexity index is 571. The minimum Gasteiger partial charge on any atom is -0.452 e. The van der Waals surface area contributed by atoms with Gasteiger partial charge in [-0.25, -0.2) is 0 Å². The number of ether oxygens (including phenoxy) is 1. The van der Waals surface area contributed by atoms with Crippen molar-refractivity contribution in [1.82, 2.24) is 0 Å². The molecule has 1 fully saturated rings. The average molecular weight is 301 g/mol. The summed E-state index contributed by atoms with van der Waals surface area (Å²) in [5, 5.41) is 0. The Kier molecular flexibility index (Phi) is 3.93. The third-order valence-corrected chi connectivity index (χ3v) is 3.45. The van der Waals surface area contributed by atoms with Crippen molar-refractivity contribution < 1.29 is 27.5 Å². The molecule has 0 unspecified atom stereocenters. The number of halogens is 3. The second-order valence-electron chi connectivity index (χ2n) is 5.02. The topological polar surface area (TPSA) is 69.4 Å². The molecule has 4 nitrogen and oxygen atoms in total. The Hall–Kier alpha value is -2.05. The molecular weight excluding hydrogens is 287 g/mol. The van der Waals surface area contributed by atoms with Crippen molar-refractivity contribution in [3.63, 3.8) is 0 Å². The van der Waals surface area contributed by atoms with Gasteiger partial charge in [0.2, 0.25) is 0 Å². The number of nitrogens with two attached hydrogens (primary N) is 1. The summed E-state index contributed by atoms with van der Waals surface area (Å²) in [6.45, 7) is 1.32. The molecule has 1 aliphatic carbocycles. The van der Waals surface area contributed by atoms with Crippen LogP contribution in [0.1, 0.15) is 30.4 Å². The van der Waals surface area contributed by atoms with Gasteiger partial charge in [0.1, 0.15) is 0 Å². The molecular formula is C14H14F3NO3. The number of esters is 1. The molecule has 21 heavy (non-hydrogen) atoms. The lowest BCUT2D eigenvalue weighted by molar-refractivity contribution is -0.155. The van der Waals surface area contributed by atoms with Gasteiger partial charge in [0.05, 0.1) is 11.5 Å². The van der Waals surface area contributed by atoms with Crippen molar-refractivity contribution in [3.05, 3.63) is 35.4 Å². The molecule has 0 saturated heterocycles. The molecule has 3 atom stereocenters. The normalized spacial score (nSPS) is 22.5. The van der Waals surface area contributed by atoms with E-state index in [0.29, 0.717) is 0 Å². The van der Waals surface area contributed by atoms with Gasteiger partial charge in [-0.1, -0.05) is 18.2 Å². The fourth-order valence-corrected chi connectivity index (χ4v) is 2.20. The number of amides is 1. The van der Waals surface area contributed by atoms with Crippen molar-refractivity contribution in [3.8, 4) is 0 Å². The van der Waals surface area contributed by atoms with E-state index in [1.165, 1.54) is 25.1 Å². The summed E-state index contributed by atoms with van der Waals surface area (Å²) in [5.74, 6) is -2.68. The van der Waals surface area contributed by atoms with E-state index in [1.54, 1.807) is 0 Å². The maximum Gasteiger partial charge on any atom is 0.416 e. The molecule has 7 heteroatoms. The first-order valence-electron chi connectivity index (χ1n) is 6.37. The molecule has 1 saturated carbocycles. The minimum absolute atomic E-state index is 0.0821. The predicted octanol–water partition coefficient (Wildman–Crippen LogP) is 2.23. The molecule has 0 aliphatic heterocycles. The zero-order valence-electron chi connectivity index (χ0n) is 11.2. The molecule has 0 aromatic heterocycles. The van der Waals surface area contributed by atoms with Crippen LogP contribution in [0.4, 0.5) is 13.2 Å². The highest BCUT2D eigenvalue weighted by atomic mass is 19.4. The Morgan fingerprint density at radius 2 is 1.95 bits per heavy atom. The zero-order valence-corrected chi connectivity index (χ0v) is 11.2. The van der Waals surface area contributed by atoms with Gasteiger partial charge in [-0.2, -0.15) is 13.2 Å². The van der Waals surface area contributed by atoms with Crippen LogP contribution < -0.4 is 5.73 Å². The van der Waals surface area contributed by atoms with Crippen LogP contribution in [-0.4, -0.2) is 18.0 Å². The smallest absolute Gasteiger partial charge is 0.416 e. The molecule has 0 heterocycles. The second-order valence-corrected chi connectivity index (χ2v) is 5.02. The van der Waals surface area contributed by atoms with Crippen molar-refractivity contribution >= 4 is 11.9 Å². The van der Waals surface area contributed by atoms with Gasteiger partial charge in [-0.3, -0.25) is 9.59 Å². The fourth-order valence-electron chi connectivity index (χ4n) is 2.20. The van der Waals surface area contributed by atoms with Crippen LogP contribution in [0.25, 0.3) is 0 Å². The minimum atomic E-state index is -4.46. The maximum atomic E-state index is 12.9. The van der Waals surface area contributed by atoms with E-state index < -0.39 is 41.6 Å². The summed E-state index contributed by atoms with van der Waals surface area (Å²) in [4.78, 5) is 22.6. The molecule has 1 aromatic rings. The standard InChI is InChI=1S/C14H14F3NO3/c1-7(12(18)19)21-13(20)10-6-9(10)8-4-2-3-5-11(8)14(15,16)17/h2-5,7,9-10H,6H2,1H3,(H2,18,19)/t7-,9-,10+/m0/s1. The quantitative estimate of drug-likeness (QED) is 0.867. The number of carbonyl (C=O) groups is 2. The number of hydrogen-bond donors (Lipinski definition) is 1. The van der Waals surface area contributed by atoms with Gasteiger partial charge in [0.25, 0.3) is 5.91 Å². The van der Waals surface area contributed by atoms with E-state index in [4.69, 9.17) is 10.5 Å². The number of carbonyl (C=O) groups excluding carboxylic acids is 2. The number of alkyl halides is 3. The number of rotatable bonds is 4. The summed E-state index contributed by atoms with van der Waals surface area (Å²) in [7, 11) is 0. The average Bonchev–Trinajstić information content (AvgIpc) is 3.17. The van der Waals surface area contributed by atoms with E-state index in [0.717, 1.165) is 6.07 Å². The van der Waals surface area contributed by atoms with E-state index in [-0.39, 0.29) is 12.0 Å². The van der Waals surface area contributed by atoms with Gasteiger partial charge in [-0.15, -0.1) is 0 Å².